The summed E-state index contributed by atoms with van der Waals surface area (Å²) in [6, 6.07) is 4.53. The molecular formula is C17H31NS. The van der Waals surface area contributed by atoms with Gasteiger partial charge in [-0.3, -0.25) is 0 Å². The quantitative estimate of drug-likeness (QED) is 0.463. The molecule has 1 rings (SSSR count). The first-order chi connectivity index (χ1) is 9.34. The van der Waals surface area contributed by atoms with Gasteiger partial charge >= 0.3 is 0 Å². The minimum absolute atomic E-state index is 0.272. The molecule has 1 nitrogen and oxygen atoms in total. The van der Waals surface area contributed by atoms with Crippen molar-refractivity contribution in [2.45, 2.75) is 83.6 Å². The van der Waals surface area contributed by atoms with E-state index in [1.165, 1.54) is 69.1 Å². The molecule has 1 aromatic heterocycles. The smallest absolute Gasteiger partial charge is 0.0389 e. The van der Waals surface area contributed by atoms with Crippen molar-refractivity contribution in [1.29, 1.82) is 0 Å². The lowest BCUT2D eigenvalue weighted by atomic mass is 10.0. The van der Waals surface area contributed by atoms with Crippen LogP contribution in [0.2, 0.25) is 0 Å². The zero-order valence-electron chi connectivity index (χ0n) is 12.6. The summed E-state index contributed by atoms with van der Waals surface area (Å²) < 4.78 is 0. The number of hydrogen-bond donors (Lipinski definition) is 1. The van der Waals surface area contributed by atoms with Crippen LogP contribution in [0.5, 0.6) is 0 Å². The molecule has 0 aliphatic carbocycles. The Morgan fingerprint density at radius 2 is 1.53 bits per heavy atom. The number of nitrogens with two attached hydrogens (primary N) is 1. The second kappa shape index (κ2) is 11.5. The van der Waals surface area contributed by atoms with E-state index in [4.69, 9.17) is 5.73 Å². The standard InChI is InChI=1S/C17H31NS/c1-2-3-4-5-6-7-8-9-10-11-13-16(18)17-14-12-15-19-17/h12,14-16H,2-11,13,18H2,1H3. The molecule has 1 aromatic rings. The average molecular weight is 282 g/mol. The molecule has 1 heterocycles. The van der Waals surface area contributed by atoms with Crippen LogP contribution in [-0.2, 0) is 0 Å². The van der Waals surface area contributed by atoms with Gasteiger partial charge in [-0.15, -0.1) is 11.3 Å². The SMILES string of the molecule is CCCCCCCCCCCCC(N)c1cccs1. The van der Waals surface area contributed by atoms with Crippen molar-refractivity contribution < 1.29 is 0 Å². The van der Waals surface area contributed by atoms with Crippen LogP contribution in [0.3, 0.4) is 0 Å². The van der Waals surface area contributed by atoms with Crippen molar-refractivity contribution in [2.75, 3.05) is 0 Å². The Morgan fingerprint density at radius 3 is 2.05 bits per heavy atom. The van der Waals surface area contributed by atoms with Gasteiger partial charge in [0.2, 0.25) is 0 Å². The van der Waals surface area contributed by atoms with E-state index in [2.05, 4.69) is 24.4 Å². The zero-order valence-corrected chi connectivity index (χ0v) is 13.4. The van der Waals surface area contributed by atoms with Gasteiger partial charge in [0.05, 0.1) is 0 Å². The van der Waals surface area contributed by atoms with Crippen LogP contribution >= 0.6 is 11.3 Å². The molecule has 0 radical (unpaired) electrons. The fourth-order valence-electron chi connectivity index (χ4n) is 2.50. The first-order valence-corrected chi connectivity index (χ1v) is 9.01. The molecule has 0 spiro atoms. The predicted molar refractivity (Wildman–Crippen MR) is 87.7 cm³/mol. The number of unbranched alkanes of at least 4 members (excludes halogenated alkanes) is 9. The highest BCUT2D eigenvalue weighted by atomic mass is 32.1. The van der Waals surface area contributed by atoms with E-state index in [0.717, 1.165) is 6.42 Å². The van der Waals surface area contributed by atoms with Gasteiger partial charge in [0.1, 0.15) is 0 Å². The Bertz CT molecular complexity index is 281. The Hall–Kier alpha value is -0.340. The fourth-order valence-corrected chi connectivity index (χ4v) is 3.26. The molecule has 0 aliphatic rings. The van der Waals surface area contributed by atoms with Crippen LogP contribution in [0.1, 0.15) is 88.5 Å². The molecule has 2 heteroatoms. The van der Waals surface area contributed by atoms with Crippen molar-refractivity contribution in [3.63, 3.8) is 0 Å². The minimum Gasteiger partial charge on any atom is -0.323 e. The second-order valence-electron chi connectivity index (χ2n) is 5.59. The summed E-state index contributed by atoms with van der Waals surface area (Å²) in [5, 5.41) is 2.12. The van der Waals surface area contributed by atoms with Gasteiger partial charge in [0, 0.05) is 10.9 Å². The van der Waals surface area contributed by atoms with Crippen molar-refractivity contribution in [2.24, 2.45) is 5.73 Å². The summed E-state index contributed by atoms with van der Waals surface area (Å²) in [5.74, 6) is 0. The summed E-state index contributed by atoms with van der Waals surface area (Å²) >= 11 is 1.79. The normalized spacial score (nSPS) is 12.7. The summed E-state index contributed by atoms with van der Waals surface area (Å²) in [6.45, 7) is 2.28. The third-order valence-corrected chi connectivity index (χ3v) is 4.78. The van der Waals surface area contributed by atoms with E-state index in [9.17, 15) is 0 Å². The van der Waals surface area contributed by atoms with Crippen LogP contribution in [0.25, 0.3) is 0 Å². The first-order valence-electron chi connectivity index (χ1n) is 8.13. The summed E-state index contributed by atoms with van der Waals surface area (Å²) in [5.41, 5.74) is 6.16. The van der Waals surface area contributed by atoms with Crippen LogP contribution in [0, 0.1) is 0 Å². The molecule has 0 bridgehead atoms. The Labute approximate surface area is 123 Å². The molecule has 2 N–H and O–H groups in total. The van der Waals surface area contributed by atoms with Crippen molar-refractivity contribution >= 4 is 11.3 Å². The molecule has 0 aromatic carbocycles. The molecule has 0 aliphatic heterocycles. The van der Waals surface area contributed by atoms with Gasteiger partial charge in [-0.1, -0.05) is 77.2 Å². The van der Waals surface area contributed by atoms with E-state index >= 15 is 0 Å². The number of rotatable bonds is 12. The molecule has 1 unspecified atom stereocenters. The monoisotopic (exact) mass is 281 g/mol. The Kier molecular flexibility index (Phi) is 10.1. The molecular weight excluding hydrogens is 250 g/mol. The van der Waals surface area contributed by atoms with E-state index in [1.54, 1.807) is 11.3 Å². The van der Waals surface area contributed by atoms with Crippen molar-refractivity contribution in [3.8, 4) is 0 Å². The second-order valence-corrected chi connectivity index (χ2v) is 6.57. The van der Waals surface area contributed by atoms with Gasteiger partial charge in [0.15, 0.2) is 0 Å². The van der Waals surface area contributed by atoms with Gasteiger partial charge in [0.25, 0.3) is 0 Å². The maximum Gasteiger partial charge on any atom is 0.0389 e. The molecule has 19 heavy (non-hydrogen) atoms. The third kappa shape index (κ3) is 8.43. The van der Waals surface area contributed by atoms with Crippen LogP contribution in [-0.4, -0.2) is 0 Å². The van der Waals surface area contributed by atoms with Gasteiger partial charge in [-0.2, -0.15) is 0 Å². The van der Waals surface area contributed by atoms with E-state index in [0.29, 0.717) is 0 Å². The van der Waals surface area contributed by atoms with Gasteiger partial charge < -0.3 is 5.73 Å². The zero-order chi connectivity index (χ0) is 13.8. The number of thiophene rings is 1. The minimum atomic E-state index is 0.272. The lowest BCUT2D eigenvalue weighted by molar-refractivity contribution is 0.531. The highest BCUT2D eigenvalue weighted by molar-refractivity contribution is 7.10. The summed E-state index contributed by atoms with van der Waals surface area (Å²) in [4.78, 5) is 1.34. The largest absolute Gasteiger partial charge is 0.323 e. The topological polar surface area (TPSA) is 26.0 Å². The summed E-state index contributed by atoms with van der Waals surface area (Å²) in [6.07, 6.45) is 15.1. The molecule has 110 valence electrons. The number of hydrogen-bond acceptors (Lipinski definition) is 2. The van der Waals surface area contributed by atoms with E-state index in [-0.39, 0.29) is 6.04 Å². The van der Waals surface area contributed by atoms with Gasteiger partial charge in [-0.25, -0.2) is 0 Å². The van der Waals surface area contributed by atoms with Crippen molar-refractivity contribution in [1.82, 2.24) is 0 Å². The Balaban J connectivity index is 1.83. The van der Waals surface area contributed by atoms with Crippen LogP contribution in [0.4, 0.5) is 0 Å². The van der Waals surface area contributed by atoms with Crippen LogP contribution in [0.15, 0.2) is 17.5 Å². The predicted octanol–water partition coefficient (Wildman–Crippen LogP) is 6.06. The molecule has 0 saturated heterocycles. The Morgan fingerprint density at radius 1 is 0.947 bits per heavy atom. The maximum atomic E-state index is 6.16. The first kappa shape index (κ1) is 16.7. The fraction of sp³-hybridized carbons (Fsp3) is 0.765. The highest BCUT2D eigenvalue weighted by Gasteiger charge is 2.05. The molecule has 0 fully saturated rings. The lowest BCUT2D eigenvalue weighted by Crippen LogP contribution is -2.07. The third-order valence-electron chi connectivity index (χ3n) is 3.78. The summed E-state index contributed by atoms with van der Waals surface area (Å²) in [7, 11) is 0. The molecule has 0 amide bonds. The molecule has 1 atom stereocenters. The van der Waals surface area contributed by atoms with Crippen LogP contribution < -0.4 is 5.73 Å². The van der Waals surface area contributed by atoms with Crippen molar-refractivity contribution in [3.05, 3.63) is 22.4 Å². The molecule has 0 saturated carbocycles. The average Bonchev–Trinajstić information content (AvgIpc) is 2.95. The van der Waals surface area contributed by atoms with E-state index in [1.807, 2.05) is 0 Å². The maximum absolute atomic E-state index is 6.16. The lowest BCUT2D eigenvalue weighted by Gasteiger charge is -2.09. The van der Waals surface area contributed by atoms with E-state index < -0.39 is 0 Å². The highest BCUT2D eigenvalue weighted by Crippen LogP contribution is 2.22. The van der Waals surface area contributed by atoms with Gasteiger partial charge in [-0.05, 0) is 17.9 Å².